The molecule has 0 atom stereocenters. The summed E-state index contributed by atoms with van der Waals surface area (Å²) in [5, 5.41) is 3.61. The van der Waals surface area contributed by atoms with Crippen LogP contribution in [0, 0.1) is 0 Å². The largest absolute Gasteiger partial charge is 0.307 e. The summed E-state index contributed by atoms with van der Waals surface area (Å²) in [4.78, 5) is 1.39. The quantitative estimate of drug-likeness (QED) is 0.850. The molecule has 1 rings (SSSR count). The molecule has 0 aliphatic rings. The molecule has 0 saturated heterocycles. The maximum atomic E-state index is 3.61. The van der Waals surface area contributed by atoms with Gasteiger partial charge in [-0.15, -0.1) is 11.3 Å². The van der Waals surface area contributed by atoms with Gasteiger partial charge in [0, 0.05) is 17.0 Å². The highest BCUT2D eigenvalue weighted by molar-refractivity contribution is 9.11. The van der Waals surface area contributed by atoms with Crippen molar-refractivity contribution in [1.29, 1.82) is 0 Å². The van der Waals surface area contributed by atoms with Crippen LogP contribution in [0.25, 0.3) is 0 Å². The van der Waals surface area contributed by atoms with E-state index < -0.39 is 0 Å². The van der Waals surface area contributed by atoms with Crippen molar-refractivity contribution < 1.29 is 0 Å². The Morgan fingerprint density at radius 3 is 2.43 bits per heavy atom. The van der Waals surface area contributed by atoms with Crippen molar-refractivity contribution >= 4 is 27.3 Å². The maximum Gasteiger partial charge on any atom is 0.0701 e. The van der Waals surface area contributed by atoms with Crippen molar-refractivity contribution in [2.24, 2.45) is 0 Å². The third kappa shape index (κ3) is 3.37. The number of thiophene rings is 1. The second kappa shape index (κ2) is 5.29. The van der Waals surface area contributed by atoms with Crippen LogP contribution in [0.15, 0.2) is 15.9 Å². The van der Waals surface area contributed by atoms with Gasteiger partial charge in [-0.1, -0.05) is 13.8 Å². The maximum absolute atomic E-state index is 3.61. The smallest absolute Gasteiger partial charge is 0.0701 e. The second-order valence-corrected chi connectivity index (χ2v) is 6.37. The average Bonchev–Trinajstić information content (AvgIpc) is 2.61. The number of rotatable bonds is 5. The van der Waals surface area contributed by atoms with E-state index >= 15 is 0 Å². The zero-order chi connectivity index (χ0) is 10.6. The molecule has 3 heteroatoms. The predicted octanol–water partition coefficient (Wildman–Crippen LogP) is 4.18. The fourth-order valence-corrected chi connectivity index (χ4v) is 2.67. The van der Waals surface area contributed by atoms with Crippen molar-refractivity contribution in [2.75, 3.05) is 0 Å². The molecular weight excluding hydrogens is 258 g/mol. The van der Waals surface area contributed by atoms with Crippen molar-refractivity contribution in [3.63, 3.8) is 0 Å². The van der Waals surface area contributed by atoms with Gasteiger partial charge in [0.2, 0.25) is 0 Å². The standard InChI is InChI=1S/C11H18BrNS/c1-4-11(3,5-2)13-8-9-6-7-10(12)14-9/h6-7,13H,4-5,8H2,1-3H3. The molecule has 1 aromatic rings. The molecule has 14 heavy (non-hydrogen) atoms. The van der Waals surface area contributed by atoms with Crippen LogP contribution in [0.1, 0.15) is 38.5 Å². The highest BCUT2D eigenvalue weighted by atomic mass is 79.9. The zero-order valence-corrected chi connectivity index (χ0v) is 11.5. The van der Waals surface area contributed by atoms with Gasteiger partial charge < -0.3 is 5.32 Å². The van der Waals surface area contributed by atoms with Crippen LogP contribution in [-0.4, -0.2) is 5.54 Å². The predicted molar refractivity (Wildman–Crippen MR) is 67.8 cm³/mol. The summed E-state index contributed by atoms with van der Waals surface area (Å²) < 4.78 is 1.21. The number of hydrogen-bond acceptors (Lipinski definition) is 2. The van der Waals surface area contributed by atoms with E-state index in [0.29, 0.717) is 0 Å². The minimum absolute atomic E-state index is 0.288. The van der Waals surface area contributed by atoms with E-state index in [0.717, 1.165) is 6.54 Å². The van der Waals surface area contributed by atoms with E-state index in [9.17, 15) is 0 Å². The monoisotopic (exact) mass is 275 g/mol. The van der Waals surface area contributed by atoms with E-state index in [2.05, 4.69) is 54.2 Å². The van der Waals surface area contributed by atoms with Gasteiger partial charge in [-0.3, -0.25) is 0 Å². The Labute approximate surface area is 99.0 Å². The molecule has 1 nitrogen and oxygen atoms in total. The second-order valence-electron chi connectivity index (χ2n) is 3.83. The molecule has 0 fully saturated rings. The SMILES string of the molecule is CCC(C)(CC)NCc1ccc(Br)s1. The third-order valence-corrected chi connectivity index (χ3v) is 4.50. The molecule has 0 aromatic carbocycles. The van der Waals surface area contributed by atoms with E-state index in [1.165, 1.54) is 21.5 Å². The summed E-state index contributed by atoms with van der Waals surface area (Å²) in [5.74, 6) is 0. The molecule has 1 N–H and O–H groups in total. The van der Waals surface area contributed by atoms with Crippen molar-refractivity contribution in [3.8, 4) is 0 Å². The molecule has 0 aliphatic heterocycles. The fraction of sp³-hybridized carbons (Fsp3) is 0.636. The van der Waals surface area contributed by atoms with E-state index in [1.54, 1.807) is 11.3 Å². The molecule has 0 saturated carbocycles. The molecule has 0 radical (unpaired) electrons. The van der Waals surface area contributed by atoms with Gasteiger partial charge in [-0.2, -0.15) is 0 Å². The number of hydrogen-bond donors (Lipinski definition) is 1. The molecule has 80 valence electrons. The third-order valence-electron chi connectivity index (χ3n) is 2.88. The van der Waals surface area contributed by atoms with Crippen LogP contribution in [-0.2, 0) is 6.54 Å². The van der Waals surface area contributed by atoms with Crippen LogP contribution in [0.3, 0.4) is 0 Å². The first-order valence-electron chi connectivity index (χ1n) is 5.09. The molecule has 1 heterocycles. The van der Waals surface area contributed by atoms with Gasteiger partial charge in [-0.25, -0.2) is 0 Å². The van der Waals surface area contributed by atoms with Crippen LogP contribution >= 0.6 is 27.3 Å². The van der Waals surface area contributed by atoms with Gasteiger partial charge in [0.25, 0.3) is 0 Å². The first kappa shape index (κ1) is 12.2. The van der Waals surface area contributed by atoms with Crippen LogP contribution in [0.5, 0.6) is 0 Å². The number of halogens is 1. The Morgan fingerprint density at radius 2 is 2.00 bits per heavy atom. The molecule has 0 bridgehead atoms. The summed E-state index contributed by atoms with van der Waals surface area (Å²) in [6, 6.07) is 4.28. The van der Waals surface area contributed by atoms with Gasteiger partial charge in [-0.05, 0) is 47.8 Å². The molecule has 0 amide bonds. The topological polar surface area (TPSA) is 12.0 Å². The lowest BCUT2D eigenvalue weighted by atomic mass is 9.96. The van der Waals surface area contributed by atoms with E-state index in [4.69, 9.17) is 0 Å². The van der Waals surface area contributed by atoms with Gasteiger partial charge in [0.15, 0.2) is 0 Å². The molecule has 0 aliphatic carbocycles. The van der Waals surface area contributed by atoms with Crippen molar-refractivity contribution in [3.05, 3.63) is 20.8 Å². The number of nitrogens with one attached hydrogen (secondary N) is 1. The Balaban J connectivity index is 2.47. The normalized spacial score (nSPS) is 12.0. The molecular formula is C11H18BrNS. The Hall–Kier alpha value is 0.140. The minimum Gasteiger partial charge on any atom is -0.307 e. The Bertz CT molecular complexity index is 279. The zero-order valence-electron chi connectivity index (χ0n) is 9.06. The molecule has 1 aromatic heterocycles. The first-order valence-corrected chi connectivity index (χ1v) is 6.70. The Morgan fingerprint density at radius 1 is 1.36 bits per heavy atom. The van der Waals surface area contributed by atoms with Crippen molar-refractivity contribution in [2.45, 2.75) is 45.7 Å². The summed E-state index contributed by atoms with van der Waals surface area (Å²) in [6.07, 6.45) is 2.35. The summed E-state index contributed by atoms with van der Waals surface area (Å²) in [5.41, 5.74) is 0.288. The molecule has 0 spiro atoms. The summed E-state index contributed by atoms with van der Waals surface area (Å²) in [7, 11) is 0. The van der Waals surface area contributed by atoms with Gasteiger partial charge in [0.1, 0.15) is 0 Å². The fourth-order valence-electron chi connectivity index (χ4n) is 1.25. The first-order chi connectivity index (χ1) is 6.59. The summed E-state index contributed by atoms with van der Waals surface area (Å²) >= 11 is 5.28. The lowest BCUT2D eigenvalue weighted by molar-refractivity contribution is 0.330. The summed E-state index contributed by atoms with van der Waals surface area (Å²) in [6.45, 7) is 7.74. The Kier molecular flexibility index (Phi) is 4.61. The van der Waals surface area contributed by atoms with E-state index in [-0.39, 0.29) is 5.54 Å². The average molecular weight is 276 g/mol. The highest BCUT2D eigenvalue weighted by Gasteiger charge is 2.18. The van der Waals surface area contributed by atoms with Crippen LogP contribution in [0.4, 0.5) is 0 Å². The van der Waals surface area contributed by atoms with E-state index in [1.807, 2.05) is 0 Å². The highest BCUT2D eigenvalue weighted by Crippen LogP contribution is 2.23. The van der Waals surface area contributed by atoms with Gasteiger partial charge >= 0.3 is 0 Å². The lowest BCUT2D eigenvalue weighted by Crippen LogP contribution is -2.40. The van der Waals surface area contributed by atoms with Crippen LogP contribution in [0.2, 0.25) is 0 Å². The minimum atomic E-state index is 0.288. The van der Waals surface area contributed by atoms with Crippen LogP contribution < -0.4 is 5.32 Å². The van der Waals surface area contributed by atoms with Gasteiger partial charge in [0.05, 0.1) is 3.79 Å². The van der Waals surface area contributed by atoms with Crippen molar-refractivity contribution in [1.82, 2.24) is 5.32 Å². The molecule has 0 unspecified atom stereocenters. The lowest BCUT2D eigenvalue weighted by Gasteiger charge is -2.28.